The number of fused-ring (bicyclic) bond motifs is 4. The predicted molar refractivity (Wildman–Crippen MR) is 160 cm³/mol. The van der Waals surface area contributed by atoms with Crippen molar-refractivity contribution < 1.29 is 9.53 Å². The Kier molecular flexibility index (Phi) is 7.57. The highest BCUT2D eigenvalue weighted by molar-refractivity contribution is 7.97. The third-order valence-electron chi connectivity index (χ3n) is 7.34. The minimum absolute atomic E-state index is 0.0650. The van der Waals surface area contributed by atoms with Crippen LogP contribution < -0.4 is 25.4 Å². The van der Waals surface area contributed by atoms with Crippen LogP contribution in [-0.2, 0) is 16.8 Å². The molecule has 8 nitrogen and oxygen atoms in total. The van der Waals surface area contributed by atoms with Crippen LogP contribution in [0, 0.1) is 0 Å². The first-order valence-electron chi connectivity index (χ1n) is 13.5. The molecule has 1 amide bonds. The van der Waals surface area contributed by atoms with Gasteiger partial charge >= 0.3 is 0 Å². The molecule has 4 N–H and O–H groups in total. The monoisotopic (exact) mass is 552 g/mol. The lowest BCUT2D eigenvalue weighted by Gasteiger charge is -2.17. The number of anilines is 3. The van der Waals surface area contributed by atoms with Crippen LogP contribution in [0.3, 0.4) is 0 Å². The van der Waals surface area contributed by atoms with Gasteiger partial charge in [-0.05, 0) is 78.2 Å². The second kappa shape index (κ2) is 11.6. The van der Waals surface area contributed by atoms with E-state index in [1.165, 1.54) is 0 Å². The van der Waals surface area contributed by atoms with Crippen molar-refractivity contribution in [2.75, 3.05) is 30.8 Å². The molecule has 4 aromatic rings. The molecule has 0 atom stereocenters. The van der Waals surface area contributed by atoms with E-state index in [9.17, 15) is 4.79 Å². The number of carbonyl (C=O) groups excluding carboxylic acids is 1. The van der Waals surface area contributed by atoms with Gasteiger partial charge in [0.05, 0.1) is 12.5 Å². The lowest BCUT2D eigenvalue weighted by molar-refractivity contribution is -0.123. The van der Waals surface area contributed by atoms with Crippen LogP contribution in [0.5, 0.6) is 5.75 Å². The molecule has 9 heteroatoms. The molecular formula is C31H32N6O2S. The first-order valence-corrected chi connectivity index (χ1v) is 14.3. The molecule has 1 saturated carbocycles. The second-order valence-corrected chi connectivity index (χ2v) is 11.0. The zero-order chi connectivity index (χ0) is 27.4. The van der Waals surface area contributed by atoms with E-state index in [-0.39, 0.29) is 5.91 Å². The maximum absolute atomic E-state index is 13.2. The third kappa shape index (κ3) is 5.76. The minimum atomic E-state index is -0.447. The Morgan fingerprint density at radius 2 is 1.90 bits per heavy atom. The smallest absolute Gasteiger partial charge is 0.230 e. The van der Waals surface area contributed by atoms with E-state index in [4.69, 9.17) is 9.72 Å². The van der Waals surface area contributed by atoms with E-state index in [2.05, 4.69) is 49.9 Å². The number of nitrogens with one attached hydrogen (secondary N) is 4. The number of carbonyl (C=O) groups is 1. The Morgan fingerprint density at radius 3 is 2.73 bits per heavy atom. The number of methoxy groups -OCH3 is 1. The van der Waals surface area contributed by atoms with Gasteiger partial charge in [0.25, 0.3) is 0 Å². The predicted octanol–water partition coefficient (Wildman–Crippen LogP) is 5.66. The van der Waals surface area contributed by atoms with Crippen molar-refractivity contribution in [1.82, 2.24) is 20.0 Å². The number of benzene rings is 3. The lowest BCUT2D eigenvalue weighted by atomic mass is 9.94. The Bertz CT molecular complexity index is 1510. The zero-order valence-corrected chi connectivity index (χ0v) is 23.2. The summed E-state index contributed by atoms with van der Waals surface area (Å²) >= 11 is 1.63. The van der Waals surface area contributed by atoms with Gasteiger partial charge in [0.15, 0.2) is 0 Å². The Balaban J connectivity index is 1.15. The highest BCUT2D eigenvalue weighted by Crippen LogP contribution is 2.49. The Hall–Kier alpha value is -4.08. The molecule has 1 aromatic heterocycles. The topological polar surface area (TPSA) is 100 Å². The molecule has 0 spiro atoms. The van der Waals surface area contributed by atoms with Gasteiger partial charge in [-0.3, -0.25) is 9.52 Å². The standard InChI is InChI=1S/C31H32N6O2S/c1-39-25-7-2-5-23(17-25)31(13-14-31)29(38)33-19-21-9-11-22(12-10-21)27-20-34-30-36-24-6-3-8-26(18-24)40-35-16-4-15-32-28(27)37-30/h2-3,5-12,17-18,20,35H,4,13-16,19H2,1H3,(H,33,38)(H2,32,34,36,37). The van der Waals surface area contributed by atoms with Crippen LogP contribution in [0.15, 0.2) is 83.9 Å². The van der Waals surface area contributed by atoms with Gasteiger partial charge < -0.3 is 20.7 Å². The molecule has 3 aromatic carbocycles. The van der Waals surface area contributed by atoms with E-state index >= 15 is 0 Å². The van der Waals surface area contributed by atoms with Crippen LogP contribution in [0.1, 0.15) is 30.4 Å². The quantitative estimate of drug-likeness (QED) is 0.228. The van der Waals surface area contributed by atoms with Gasteiger partial charge in [-0.15, -0.1) is 0 Å². The van der Waals surface area contributed by atoms with Crippen LogP contribution >= 0.6 is 11.9 Å². The van der Waals surface area contributed by atoms with Crippen LogP contribution in [0.25, 0.3) is 11.1 Å². The summed E-state index contributed by atoms with van der Waals surface area (Å²) in [7, 11) is 1.65. The molecule has 6 rings (SSSR count). The largest absolute Gasteiger partial charge is 0.497 e. The molecule has 4 bridgehead atoms. The first kappa shape index (κ1) is 26.2. The fraction of sp³-hybridized carbons (Fsp3) is 0.258. The molecule has 1 aliphatic heterocycles. The van der Waals surface area contributed by atoms with E-state index in [0.29, 0.717) is 12.5 Å². The van der Waals surface area contributed by atoms with E-state index in [1.807, 2.05) is 54.7 Å². The molecule has 2 heterocycles. The van der Waals surface area contributed by atoms with Gasteiger partial charge in [-0.2, -0.15) is 4.98 Å². The van der Waals surface area contributed by atoms with Crippen molar-refractivity contribution in [1.29, 1.82) is 0 Å². The molecule has 0 radical (unpaired) electrons. The van der Waals surface area contributed by atoms with Crippen LogP contribution in [0.2, 0.25) is 0 Å². The summed E-state index contributed by atoms with van der Waals surface area (Å²) in [6, 6.07) is 24.2. The normalized spacial score (nSPS) is 15.7. The fourth-order valence-electron chi connectivity index (χ4n) is 4.90. The number of hydrogen-bond acceptors (Lipinski definition) is 8. The lowest BCUT2D eigenvalue weighted by Crippen LogP contribution is -2.34. The van der Waals surface area contributed by atoms with E-state index in [1.54, 1.807) is 19.1 Å². The molecule has 40 heavy (non-hydrogen) atoms. The Labute approximate surface area is 238 Å². The van der Waals surface area contributed by atoms with Gasteiger partial charge in [0.2, 0.25) is 11.9 Å². The van der Waals surface area contributed by atoms with Crippen molar-refractivity contribution in [3.63, 3.8) is 0 Å². The Morgan fingerprint density at radius 1 is 1.05 bits per heavy atom. The number of hydrogen-bond donors (Lipinski definition) is 4. The number of rotatable bonds is 6. The van der Waals surface area contributed by atoms with Crippen molar-refractivity contribution in [3.05, 3.63) is 90.1 Å². The summed E-state index contributed by atoms with van der Waals surface area (Å²) < 4.78 is 8.78. The molecular weight excluding hydrogens is 520 g/mol. The zero-order valence-electron chi connectivity index (χ0n) is 22.4. The molecule has 1 aliphatic carbocycles. The van der Waals surface area contributed by atoms with E-state index in [0.717, 1.165) is 76.8 Å². The number of aromatic nitrogens is 2. The fourth-order valence-corrected chi connectivity index (χ4v) is 5.65. The summed E-state index contributed by atoms with van der Waals surface area (Å²) in [6.07, 6.45) is 4.52. The second-order valence-electron chi connectivity index (χ2n) is 10.1. The van der Waals surface area contributed by atoms with Gasteiger partial charge in [0.1, 0.15) is 11.6 Å². The number of nitrogens with zero attached hydrogens (tertiary/aromatic N) is 2. The molecule has 204 valence electrons. The summed E-state index contributed by atoms with van der Waals surface area (Å²) in [5.41, 5.74) is 4.49. The maximum Gasteiger partial charge on any atom is 0.230 e. The minimum Gasteiger partial charge on any atom is -0.497 e. The van der Waals surface area contributed by atoms with Crippen molar-refractivity contribution in [2.45, 2.75) is 36.1 Å². The summed E-state index contributed by atoms with van der Waals surface area (Å²) in [5, 5.41) is 9.97. The van der Waals surface area contributed by atoms with Crippen molar-refractivity contribution in [2.24, 2.45) is 0 Å². The van der Waals surface area contributed by atoms with Gasteiger partial charge in [0, 0.05) is 42.0 Å². The van der Waals surface area contributed by atoms with E-state index < -0.39 is 5.41 Å². The molecule has 0 unspecified atom stereocenters. The average Bonchev–Trinajstić information content (AvgIpc) is 3.80. The number of amides is 1. The summed E-state index contributed by atoms with van der Waals surface area (Å²) in [6.45, 7) is 2.13. The third-order valence-corrected chi connectivity index (χ3v) is 8.18. The van der Waals surface area contributed by atoms with Gasteiger partial charge in [-0.25, -0.2) is 4.98 Å². The molecule has 0 saturated heterocycles. The van der Waals surface area contributed by atoms with Crippen LogP contribution in [-0.4, -0.2) is 36.1 Å². The van der Waals surface area contributed by atoms with Crippen LogP contribution in [0.4, 0.5) is 17.5 Å². The summed E-state index contributed by atoms with van der Waals surface area (Å²) in [4.78, 5) is 23.7. The SMILES string of the molecule is COc1cccc(C2(C(=O)NCc3ccc(-c4cnc5nc4NCCCNSc4cccc(c4)N5)cc3)CC2)c1. The van der Waals surface area contributed by atoms with Crippen molar-refractivity contribution >= 4 is 35.3 Å². The maximum atomic E-state index is 13.2. The highest BCUT2D eigenvalue weighted by atomic mass is 32.2. The first-order chi connectivity index (χ1) is 19.6. The summed E-state index contributed by atoms with van der Waals surface area (Å²) in [5.74, 6) is 2.17. The number of ether oxygens (including phenoxy) is 1. The molecule has 2 aliphatic rings. The van der Waals surface area contributed by atoms with Gasteiger partial charge in [-0.1, -0.05) is 42.5 Å². The average molecular weight is 553 g/mol. The highest BCUT2D eigenvalue weighted by Gasteiger charge is 2.51. The molecule has 1 fully saturated rings. The van der Waals surface area contributed by atoms with Crippen molar-refractivity contribution in [3.8, 4) is 16.9 Å².